The van der Waals surface area contributed by atoms with E-state index in [2.05, 4.69) is 28.2 Å². The number of hydrogen-bond donors (Lipinski definition) is 1. The number of likely N-dealkylation sites (N-methyl/N-ethyl adjacent to an activating group) is 1. The van der Waals surface area contributed by atoms with Gasteiger partial charge in [0.1, 0.15) is 13.2 Å². The predicted molar refractivity (Wildman–Crippen MR) is 135 cm³/mol. The number of nitriles is 1. The lowest BCUT2D eigenvalue weighted by molar-refractivity contribution is 0.0566. The molecule has 2 aliphatic heterocycles. The molecule has 2 unspecified atom stereocenters. The van der Waals surface area contributed by atoms with Crippen molar-refractivity contribution in [1.29, 1.82) is 5.26 Å². The molecule has 0 aromatic heterocycles. The highest BCUT2D eigenvalue weighted by atomic mass is 16.6. The van der Waals surface area contributed by atoms with Crippen molar-refractivity contribution in [2.75, 3.05) is 58.3 Å². The summed E-state index contributed by atoms with van der Waals surface area (Å²) in [4.78, 5) is 17.9. The number of ketones is 1. The molecular formula is C28H34N4O3. The molecule has 1 saturated carbocycles. The van der Waals surface area contributed by atoms with Gasteiger partial charge in [0.25, 0.3) is 0 Å². The Morgan fingerprint density at radius 2 is 1.80 bits per heavy atom. The second-order valence-corrected chi connectivity index (χ2v) is 10.0. The number of piperidine rings is 1. The number of nitrogens with one attached hydrogen (secondary N) is 1. The van der Waals surface area contributed by atoms with Gasteiger partial charge < -0.3 is 19.7 Å². The molecule has 7 nitrogen and oxygen atoms in total. The fraction of sp³-hybridized carbons (Fsp3) is 0.500. The average molecular weight is 475 g/mol. The zero-order valence-corrected chi connectivity index (χ0v) is 20.4. The van der Waals surface area contributed by atoms with Gasteiger partial charge in [0, 0.05) is 36.9 Å². The highest BCUT2D eigenvalue weighted by Crippen LogP contribution is 2.40. The third-order valence-electron chi connectivity index (χ3n) is 7.62. The molecule has 184 valence electrons. The normalized spacial score (nSPS) is 23.2. The van der Waals surface area contributed by atoms with Crippen LogP contribution in [0, 0.1) is 23.2 Å². The number of benzene rings is 2. The molecule has 2 aromatic rings. The van der Waals surface area contributed by atoms with Gasteiger partial charge in [-0.2, -0.15) is 5.26 Å². The minimum atomic E-state index is 0.139. The van der Waals surface area contributed by atoms with Gasteiger partial charge in [-0.1, -0.05) is 0 Å². The smallest absolute Gasteiger partial charge is 0.176 e. The van der Waals surface area contributed by atoms with Crippen LogP contribution < -0.4 is 14.8 Å². The van der Waals surface area contributed by atoms with Crippen LogP contribution in [0.2, 0.25) is 0 Å². The first kappa shape index (κ1) is 23.7. The van der Waals surface area contributed by atoms with Crippen LogP contribution in [0.25, 0.3) is 0 Å². The van der Waals surface area contributed by atoms with E-state index in [1.54, 1.807) is 0 Å². The monoisotopic (exact) mass is 474 g/mol. The molecule has 1 N–H and O–H groups in total. The molecular weight excluding hydrogens is 440 g/mol. The number of nitrogens with zero attached hydrogens (tertiary/aromatic N) is 3. The largest absolute Gasteiger partial charge is 0.486 e. The lowest BCUT2D eigenvalue weighted by Crippen LogP contribution is -2.52. The first-order chi connectivity index (χ1) is 17.1. The molecule has 5 rings (SSSR count). The number of likely N-dealkylation sites (tertiary alicyclic amines) is 1. The van der Waals surface area contributed by atoms with Crippen LogP contribution in [0.3, 0.4) is 0 Å². The summed E-state index contributed by atoms with van der Waals surface area (Å²) in [6.07, 6.45) is 3.58. The summed E-state index contributed by atoms with van der Waals surface area (Å²) >= 11 is 0. The van der Waals surface area contributed by atoms with Gasteiger partial charge in [-0.15, -0.1) is 0 Å². The highest BCUT2D eigenvalue weighted by molar-refractivity contribution is 5.98. The van der Waals surface area contributed by atoms with Crippen LogP contribution in [0.5, 0.6) is 11.5 Å². The Morgan fingerprint density at radius 3 is 2.51 bits per heavy atom. The maximum absolute atomic E-state index is 13.0. The Hall–Kier alpha value is -3.08. The van der Waals surface area contributed by atoms with E-state index < -0.39 is 0 Å². The van der Waals surface area contributed by atoms with Crippen molar-refractivity contribution < 1.29 is 14.3 Å². The maximum Gasteiger partial charge on any atom is 0.176 e. The zero-order valence-electron chi connectivity index (χ0n) is 20.4. The molecule has 0 amide bonds. The third-order valence-corrected chi connectivity index (χ3v) is 7.62. The number of carbonyl (C=O) groups excluding carboxylic acids is 1. The highest BCUT2D eigenvalue weighted by Gasteiger charge is 2.43. The topological polar surface area (TPSA) is 77.8 Å². The molecule has 35 heavy (non-hydrogen) atoms. The molecule has 2 fully saturated rings. The Kier molecular flexibility index (Phi) is 7.21. The van der Waals surface area contributed by atoms with Crippen LogP contribution in [-0.4, -0.2) is 74.6 Å². The standard InChI is InChI=1S/C28H34N4O3/c1-31(19-25(33)21-7-10-26-27(15-21)35-14-13-34-26)28-22-5-6-23(28)18-32(17-22)12-2-11-30-24-8-3-20(16-29)4-9-24/h3-4,7-10,15,22-23,28,30H,2,5-6,11-14,17-19H2,1H3. The van der Waals surface area contributed by atoms with Crippen molar-refractivity contribution in [2.24, 2.45) is 11.8 Å². The summed E-state index contributed by atoms with van der Waals surface area (Å²) in [6, 6.07) is 15.8. The SMILES string of the molecule is CN(CC(=O)c1ccc2c(c1)OCCO2)C1C2CCC1CN(CCCNc1ccc(C#N)cc1)C2. The van der Waals surface area contributed by atoms with Gasteiger partial charge in [0.05, 0.1) is 18.2 Å². The summed E-state index contributed by atoms with van der Waals surface area (Å²) < 4.78 is 11.2. The number of ether oxygens (including phenoxy) is 2. The quantitative estimate of drug-likeness (QED) is 0.439. The molecule has 2 aromatic carbocycles. The minimum Gasteiger partial charge on any atom is -0.486 e. The van der Waals surface area contributed by atoms with E-state index in [1.807, 2.05) is 42.5 Å². The molecule has 2 bridgehead atoms. The van der Waals surface area contributed by atoms with E-state index in [-0.39, 0.29) is 5.78 Å². The van der Waals surface area contributed by atoms with Crippen molar-refractivity contribution in [3.05, 3.63) is 53.6 Å². The summed E-state index contributed by atoms with van der Waals surface area (Å²) in [5.41, 5.74) is 2.44. The summed E-state index contributed by atoms with van der Waals surface area (Å²) in [5, 5.41) is 12.4. The number of Topliss-reactive ketones (excluding diaryl/α,β-unsaturated/α-hetero) is 1. The first-order valence-electron chi connectivity index (χ1n) is 12.7. The van der Waals surface area contributed by atoms with Gasteiger partial charge >= 0.3 is 0 Å². The predicted octanol–water partition coefficient (Wildman–Crippen LogP) is 3.66. The zero-order chi connectivity index (χ0) is 24.2. The van der Waals surface area contributed by atoms with Crippen LogP contribution in [0.15, 0.2) is 42.5 Å². The fourth-order valence-corrected chi connectivity index (χ4v) is 6.03. The Morgan fingerprint density at radius 1 is 1.09 bits per heavy atom. The lowest BCUT2D eigenvalue weighted by atomic mass is 9.90. The van der Waals surface area contributed by atoms with Gasteiger partial charge in [0.2, 0.25) is 0 Å². The molecule has 0 spiro atoms. The molecule has 1 aliphatic carbocycles. The van der Waals surface area contributed by atoms with Gasteiger partial charge in [0.15, 0.2) is 17.3 Å². The molecule has 3 aliphatic rings. The van der Waals surface area contributed by atoms with Crippen molar-refractivity contribution in [1.82, 2.24) is 9.80 Å². The molecule has 2 heterocycles. The minimum absolute atomic E-state index is 0.139. The van der Waals surface area contributed by atoms with Gasteiger partial charge in [-0.05, 0) is 87.2 Å². The van der Waals surface area contributed by atoms with E-state index in [9.17, 15) is 4.79 Å². The fourth-order valence-electron chi connectivity index (χ4n) is 6.03. The second-order valence-electron chi connectivity index (χ2n) is 10.0. The number of anilines is 1. The number of fused-ring (bicyclic) bond motifs is 3. The van der Waals surface area contributed by atoms with E-state index >= 15 is 0 Å². The van der Waals surface area contributed by atoms with Crippen molar-refractivity contribution in [3.8, 4) is 17.6 Å². The van der Waals surface area contributed by atoms with E-state index in [4.69, 9.17) is 14.7 Å². The number of hydrogen-bond acceptors (Lipinski definition) is 7. The van der Waals surface area contributed by atoms with Crippen LogP contribution in [0.4, 0.5) is 5.69 Å². The molecule has 7 heteroatoms. The van der Waals surface area contributed by atoms with Crippen LogP contribution in [0.1, 0.15) is 35.2 Å². The Labute approximate surface area is 207 Å². The van der Waals surface area contributed by atoms with Crippen molar-refractivity contribution in [3.63, 3.8) is 0 Å². The van der Waals surface area contributed by atoms with E-state index in [1.165, 1.54) is 12.8 Å². The second kappa shape index (κ2) is 10.7. The molecule has 1 saturated heterocycles. The van der Waals surface area contributed by atoms with E-state index in [0.717, 1.165) is 44.0 Å². The van der Waals surface area contributed by atoms with Crippen LogP contribution >= 0.6 is 0 Å². The van der Waals surface area contributed by atoms with Crippen LogP contribution in [-0.2, 0) is 0 Å². The summed E-state index contributed by atoms with van der Waals surface area (Å²) in [6.45, 7) is 5.75. The van der Waals surface area contributed by atoms with Gasteiger partial charge in [-0.3, -0.25) is 9.69 Å². The Bertz CT molecular complexity index is 1070. The van der Waals surface area contributed by atoms with Crippen molar-refractivity contribution >= 4 is 11.5 Å². The summed E-state index contributed by atoms with van der Waals surface area (Å²) in [5.74, 6) is 2.78. The summed E-state index contributed by atoms with van der Waals surface area (Å²) in [7, 11) is 2.11. The maximum atomic E-state index is 13.0. The van der Waals surface area contributed by atoms with Gasteiger partial charge in [-0.25, -0.2) is 0 Å². The molecule has 2 atom stereocenters. The average Bonchev–Trinajstić information content (AvgIpc) is 3.16. The number of rotatable bonds is 9. The Balaban J connectivity index is 1.09. The molecule has 0 radical (unpaired) electrons. The first-order valence-corrected chi connectivity index (χ1v) is 12.7. The number of carbonyl (C=O) groups is 1. The third kappa shape index (κ3) is 5.44. The van der Waals surface area contributed by atoms with Crippen molar-refractivity contribution in [2.45, 2.75) is 25.3 Å². The van der Waals surface area contributed by atoms with E-state index in [0.29, 0.717) is 54.5 Å². The lowest BCUT2D eigenvalue weighted by Gasteiger charge is -2.42.